The van der Waals surface area contributed by atoms with E-state index in [9.17, 15) is 17.6 Å². The molecule has 0 aliphatic heterocycles. The maximum absolute atomic E-state index is 13.1. The minimum absolute atomic E-state index is 0.302. The molecule has 1 aromatic carbocycles. The van der Waals surface area contributed by atoms with Gasteiger partial charge in [0.1, 0.15) is 5.82 Å². The molecule has 1 aromatic rings. The molecule has 1 N–H and O–H groups in total. The lowest BCUT2D eigenvalue weighted by atomic mass is 10.2. The topological polar surface area (TPSA) is 96.3 Å². The number of benzene rings is 1. The summed E-state index contributed by atoms with van der Waals surface area (Å²) >= 11 is 0. The van der Waals surface area contributed by atoms with Crippen LogP contribution in [0.25, 0.3) is 0 Å². The third-order valence-electron chi connectivity index (χ3n) is 1.98. The van der Waals surface area contributed by atoms with Crippen LogP contribution in [0.3, 0.4) is 0 Å². The standard InChI is InChI=1S/C10H9FN2O4S/c1-17-10(14)8-3-2-7(11)6-9(8)18(15,16)13-5-4-12/h2-3,6,13H,5H2,1H3. The summed E-state index contributed by atoms with van der Waals surface area (Å²) in [5, 5.41) is 8.31. The molecule has 0 aliphatic carbocycles. The Morgan fingerprint density at radius 1 is 1.56 bits per heavy atom. The minimum atomic E-state index is -4.14. The monoisotopic (exact) mass is 272 g/mol. The zero-order valence-electron chi connectivity index (χ0n) is 9.31. The molecule has 0 amide bonds. The van der Waals surface area contributed by atoms with E-state index in [0.29, 0.717) is 6.07 Å². The molecular weight excluding hydrogens is 263 g/mol. The van der Waals surface area contributed by atoms with Gasteiger partial charge < -0.3 is 4.74 Å². The van der Waals surface area contributed by atoms with Crippen LogP contribution in [0.1, 0.15) is 10.4 Å². The molecule has 1 rings (SSSR count). The Bertz CT molecular complexity index is 607. The van der Waals surface area contributed by atoms with Gasteiger partial charge in [-0.3, -0.25) is 0 Å². The molecule has 0 unspecified atom stereocenters. The third kappa shape index (κ3) is 3.03. The van der Waals surface area contributed by atoms with Gasteiger partial charge >= 0.3 is 5.97 Å². The summed E-state index contributed by atoms with van der Waals surface area (Å²) in [6, 6.07) is 4.20. The number of nitrogens with one attached hydrogen (secondary N) is 1. The van der Waals surface area contributed by atoms with Crippen LogP contribution in [0.15, 0.2) is 23.1 Å². The van der Waals surface area contributed by atoms with Crippen molar-refractivity contribution in [2.75, 3.05) is 13.7 Å². The summed E-state index contributed by atoms with van der Waals surface area (Å²) in [6.07, 6.45) is 0. The number of ether oxygens (including phenoxy) is 1. The number of hydrogen-bond donors (Lipinski definition) is 1. The van der Waals surface area contributed by atoms with Gasteiger partial charge in [-0.05, 0) is 18.2 Å². The van der Waals surface area contributed by atoms with Gasteiger partial charge in [0.15, 0.2) is 0 Å². The zero-order chi connectivity index (χ0) is 13.8. The molecular formula is C10H9FN2O4S. The number of methoxy groups -OCH3 is 1. The van der Waals surface area contributed by atoms with Gasteiger partial charge in [-0.15, -0.1) is 0 Å². The van der Waals surface area contributed by atoms with Crippen molar-refractivity contribution >= 4 is 16.0 Å². The van der Waals surface area contributed by atoms with E-state index in [4.69, 9.17) is 5.26 Å². The summed E-state index contributed by atoms with van der Waals surface area (Å²) in [7, 11) is -3.07. The molecule has 18 heavy (non-hydrogen) atoms. The van der Waals surface area contributed by atoms with Crippen molar-refractivity contribution < 1.29 is 22.3 Å². The Kier molecular flexibility index (Phi) is 4.36. The maximum Gasteiger partial charge on any atom is 0.339 e. The van der Waals surface area contributed by atoms with Gasteiger partial charge in [0.2, 0.25) is 10.0 Å². The predicted octanol–water partition coefficient (Wildman–Crippen LogP) is 0.414. The summed E-state index contributed by atoms with van der Waals surface area (Å²) in [5.74, 6) is -1.73. The molecule has 8 heteroatoms. The highest BCUT2D eigenvalue weighted by Crippen LogP contribution is 2.18. The van der Waals surface area contributed by atoms with Crippen LogP contribution in [0.4, 0.5) is 4.39 Å². The normalized spacial score (nSPS) is 10.7. The van der Waals surface area contributed by atoms with Crippen molar-refractivity contribution in [2.24, 2.45) is 0 Å². The first-order chi connectivity index (χ1) is 8.42. The van der Waals surface area contributed by atoms with Crippen molar-refractivity contribution in [1.82, 2.24) is 4.72 Å². The van der Waals surface area contributed by atoms with E-state index in [1.807, 2.05) is 4.72 Å². The molecule has 0 saturated heterocycles. The highest BCUT2D eigenvalue weighted by atomic mass is 32.2. The third-order valence-corrected chi connectivity index (χ3v) is 3.42. The Hall–Kier alpha value is -1.98. The van der Waals surface area contributed by atoms with Crippen molar-refractivity contribution in [2.45, 2.75) is 4.90 Å². The van der Waals surface area contributed by atoms with E-state index >= 15 is 0 Å². The SMILES string of the molecule is COC(=O)c1ccc(F)cc1S(=O)(=O)NCC#N. The summed E-state index contributed by atoms with van der Waals surface area (Å²) in [6.45, 7) is -0.487. The highest BCUT2D eigenvalue weighted by molar-refractivity contribution is 7.89. The number of halogens is 1. The number of carbonyl (C=O) groups is 1. The fourth-order valence-corrected chi connectivity index (χ4v) is 2.32. The Morgan fingerprint density at radius 2 is 2.22 bits per heavy atom. The van der Waals surface area contributed by atoms with Gasteiger partial charge in [0.05, 0.1) is 30.2 Å². The van der Waals surface area contributed by atoms with Crippen molar-refractivity contribution in [3.63, 3.8) is 0 Å². The predicted molar refractivity (Wildman–Crippen MR) is 58.5 cm³/mol. The Balaban J connectivity index is 3.34. The van der Waals surface area contributed by atoms with Crippen molar-refractivity contribution in [3.8, 4) is 6.07 Å². The molecule has 0 heterocycles. The highest BCUT2D eigenvalue weighted by Gasteiger charge is 2.23. The summed E-state index contributed by atoms with van der Waals surface area (Å²) < 4.78 is 42.9. The second-order valence-electron chi connectivity index (χ2n) is 3.11. The number of nitriles is 1. The smallest absolute Gasteiger partial charge is 0.339 e. The number of nitrogens with zero attached hydrogens (tertiary/aromatic N) is 1. The van der Waals surface area contributed by atoms with E-state index in [1.165, 1.54) is 0 Å². The largest absolute Gasteiger partial charge is 0.465 e. The first-order valence-electron chi connectivity index (χ1n) is 4.67. The summed E-state index contributed by atoms with van der Waals surface area (Å²) in [5.41, 5.74) is -0.302. The molecule has 96 valence electrons. The molecule has 0 bridgehead atoms. The van der Waals surface area contributed by atoms with Crippen LogP contribution in [-0.2, 0) is 14.8 Å². The van der Waals surface area contributed by atoms with E-state index in [1.54, 1.807) is 6.07 Å². The number of rotatable bonds is 4. The second kappa shape index (κ2) is 5.57. The van der Waals surface area contributed by atoms with Gasteiger partial charge in [0.25, 0.3) is 0 Å². The fraction of sp³-hybridized carbons (Fsp3) is 0.200. The maximum atomic E-state index is 13.1. The lowest BCUT2D eigenvalue weighted by Gasteiger charge is -2.08. The average Bonchev–Trinajstić information content (AvgIpc) is 2.35. The average molecular weight is 272 g/mol. The van der Waals surface area contributed by atoms with E-state index in [2.05, 4.69) is 4.74 Å². The van der Waals surface area contributed by atoms with E-state index in [-0.39, 0.29) is 5.56 Å². The van der Waals surface area contributed by atoms with Gasteiger partial charge in [-0.2, -0.15) is 9.98 Å². The lowest BCUT2D eigenvalue weighted by molar-refractivity contribution is 0.0596. The van der Waals surface area contributed by atoms with Crippen LogP contribution in [0.2, 0.25) is 0 Å². The molecule has 0 fully saturated rings. The molecule has 0 aromatic heterocycles. The van der Waals surface area contributed by atoms with Gasteiger partial charge in [-0.25, -0.2) is 17.6 Å². The molecule has 0 atom stereocenters. The quantitative estimate of drug-likeness (QED) is 0.632. The summed E-state index contributed by atoms with van der Waals surface area (Å²) in [4.78, 5) is 10.8. The first kappa shape index (κ1) is 14.1. The molecule has 6 nitrogen and oxygen atoms in total. The van der Waals surface area contributed by atoms with Crippen LogP contribution in [-0.4, -0.2) is 28.0 Å². The molecule has 0 spiro atoms. The van der Waals surface area contributed by atoms with Crippen LogP contribution in [0.5, 0.6) is 0 Å². The Morgan fingerprint density at radius 3 is 2.78 bits per heavy atom. The number of sulfonamides is 1. The van der Waals surface area contributed by atoms with Crippen LogP contribution in [0, 0.1) is 17.1 Å². The van der Waals surface area contributed by atoms with Crippen molar-refractivity contribution in [1.29, 1.82) is 5.26 Å². The molecule has 0 saturated carbocycles. The zero-order valence-corrected chi connectivity index (χ0v) is 10.1. The number of carbonyl (C=O) groups excluding carboxylic acids is 1. The van der Waals surface area contributed by atoms with Gasteiger partial charge in [0, 0.05) is 0 Å². The lowest BCUT2D eigenvalue weighted by Crippen LogP contribution is -2.26. The number of esters is 1. The minimum Gasteiger partial charge on any atom is -0.465 e. The molecule has 0 aliphatic rings. The van der Waals surface area contributed by atoms with E-state index in [0.717, 1.165) is 19.2 Å². The molecule has 0 radical (unpaired) electrons. The first-order valence-corrected chi connectivity index (χ1v) is 6.15. The fourth-order valence-electron chi connectivity index (χ4n) is 1.20. The second-order valence-corrected chi connectivity index (χ2v) is 4.85. The van der Waals surface area contributed by atoms with E-state index < -0.39 is 33.3 Å². The number of hydrogen-bond acceptors (Lipinski definition) is 5. The van der Waals surface area contributed by atoms with Gasteiger partial charge in [-0.1, -0.05) is 0 Å². The van der Waals surface area contributed by atoms with Crippen molar-refractivity contribution in [3.05, 3.63) is 29.6 Å². The van der Waals surface area contributed by atoms with Crippen LogP contribution < -0.4 is 4.72 Å². The Labute approximate surface area is 103 Å². The van der Waals surface area contributed by atoms with Crippen LogP contribution >= 0.6 is 0 Å².